The largest absolute Gasteiger partial charge is 0.343 e. The summed E-state index contributed by atoms with van der Waals surface area (Å²) in [7, 11) is 0. The zero-order valence-corrected chi connectivity index (χ0v) is 15.2. The van der Waals surface area contributed by atoms with Crippen molar-refractivity contribution in [2.75, 3.05) is 26.2 Å². The SMILES string of the molecule is CC(=O)N1CCC(C2CCN(C(=O)c3ccc4ncccc4c3)C2)CC1. The number of hydrogen-bond donors (Lipinski definition) is 0. The van der Waals surface area contributed by atoms with E-state index in [1.807, 2.05) is 40.1 Å². The van der Waals surface area contributed by atoms with E-state index in [-0.39, 0.29) is 11.8 Å². The fourth-order valence-electron chi connectivity index (χ4n) is 4.43. The number of carbonyl (C=O) groups excluding carboxylic acids is 2. The van der Waals surface area contributed by atoms with E-state index in [1.165, 1.54) is 0 Å². The standard InChI is InChI=1S/C21H25N3O2/c1-15(25)23-10-6-16(7-11-23)19-8-12-24(14-19)21(26)18-4-5-20-17(13-18)3-2-9-22-20/h2-5,9,13,16,19H,6-8,10-12,14H2,1H3. The molecule has 1 aromatic heterocycles. The van der Waals surface area contributed by atoms with Gasteiger partial charge in [-0.15, -0.1) is 0 Å². The van der Waals surface area contributed by atoms with Crippen LogP contribution in [0.5, 0.6) is 0 Å². The maximum atomic E-state index is 12.9. The predicted molar refractivity (Wildman–Crippen MR) is 101 cm³/mol. The molecule has 5 heteroatoms. The van der Waals surface area contributed by atoms with Gasteiger partial charge >= 0.3 is 0 Å². The van der Waals surface area contributed by atoms with Crippen molar-refractivity contribution in [3.8, 4) is 0 Å². The Morgan fingerprint density at radius 3 is 2.50 bits per heavy atom. The first-order valence-corrected chi connectivity index (χ1v) is 9.51. The molecule has 1 aromatic carbocycles. The van der Waals surface area contributed by atoms with Crippen LogP contribution in [0.1, 0.15) is 36.5 Å². The third-order valence-electron chi connectivity index (χ3n) is 6.01. The van der Waals surface area contributed by atoms with Gasteiger partial charge in [-0.05, 0) is 55.4 Å². The van der Waals surface area contributed by atoms with E-state index >= 15 is 0 Å². The van der Waals surface area contributed by atoms with Crippen LogP contribution in [0, 0.1) is 11.8 Å². The minimum atomic E-state index is 0.124. The van der Waals surface area contributed by atoms with E-state index in [0.29, 0.717) is 11.8 Å². The Morgan fingerprint density at radius 1 is 1.00 bits per heavy atom. The smallest absolute Gasteiger partial charge is 0.253 e. The van der Waals surface area contributed by atoms with Gasteiger partial charge in [0.05, 0.1) is 5.52 Å². The first-order valence-electron chi connectivity index (χ1n) is 9.51. The summed E-state index contributed by atoms with van der Waals surface area (Å²) in [5, 5.41) is 1.01. The summed E-state index contributed by atoms with van der Waals surface area (Å²) in [6, 6.07) is 9.65. The van der Waals surface area contributed by atoms with Crippen molar-refractivity contribution in [3.05, 3.63) is 42.1 Å². The van der Waals surface area contributed by atoms with Crippen molar-refractivity contribution in [3.63, 3.8) is 0 Å². The van der Waals surface area contributed by atoms with Crippen molar-refractivity contribution in [1.82, 2.24) is 14.8 Å². The Balaban J connectivity index is 1.40. The third-order valence-corrected chi connectivity index (χ3v) is 6.01. The number of hydrogen-bond acceptors (Lipinski definition) is 3. The van der Waals surface area contributed by atoms with Gasteiger partial charge < -0.3 is 9.80 Å². The molecule has 2 saturated heterocycles. The molecule has 136 valence electrons. The maximum Gasteiger partial charge on any atom is 0.253 e. The highest BCUT2D eigenvalue weighted by Gasteiger charge is 2.34. The molecule has 0 N–H and O–H groups in total. The fraction of sp³-hybridized carbons (Fsp3) is 0.476. The summed E-state index contributed by atoms with van der Waals surface area (Å²) < 4.78 is 0. The lowest BCUT2D eigenvalue weighted by Gasteiger charge is -2.34. The van der Waals surface area contributed by atoms with E-state index in [4.69, 9.17) is 0 Å². The lowest BCUT2D eigenvalue weighted by Crippen LogP contribution is -2.39. The zero-order chi connectivity index (χ0) is 18.1. The first kappa shape index (κ1) is 17.0. The van der Waals surface area contributed by atoms with E-state index < -0.39 is 0 Å². The molecule has 2 aliphatic heterocycles. The van der Waals surface area contributed by atoms with Crippen molar-refractivity contribution < 1.29 is 9.59 Å². The van der Waals surface area contributed by atoms with E-state index in [1.54, 1.807) is 13.1 Å². The number of benzene rings is 1. The molecular formula is C21H25N3O2. The number of carbonyl (C=O) groups is 2. The van der Waals surface area contributed by atoms with Crippen LogP contribution < -0.4 is 0 Å². The second-order valence-electron chi connectivity index (χ2n) is 7.55. The van der Waals surface area contributed by atoms with Gasteiger partial charge in [0.2, 0.25) is 5.91 Å². The van der Waals surface area contributed by atoms with Crippen LogP contribution in [0.2, 0.25) is 0 Å². The van der Waals surface area contributed by atoms with Gasteiger partial charge in [-0.2, -0.15) is 0 Å². The Morgan fingerprint density at radius 2 is 1.73 bits per heavy atom. The van der Waals surface area contributed by atoms with Crippen LogP contribution in [0.15, 0.2) is 36.5 Å². The second kappa shape index (κ2) is 7.06. The van der Waals surface area contributed by atoms with Crippen molar-refractivity contribution in [2.45, 2.75) is 26.2 Å². The molecule has 0 radical (unpaired) electrons. The summed E-state index contributed by atoms with van der Waals surface area (Å²) >= 11 is 0. The molecule has 2 aliphatic rings. The number of likely N-dealkylation sites (tertiary alicyclic amines) is 2. The number of fused-ring (bicyclic) bond motifs is 1. The first-order chi connectivity index (χ1) is 12.6. The normalized spacial score (nSPS) is 21.3. The molecule has 0 spiro atoms. The van der Waals surface area contributed by atoms with Crippen LogP contribution in [-0.4, -0.2) is 52.8 Å². The van der Waals surface area contributed by atoms with Crippen molar-refractivity contribution >= 4 is 22.7 Å². The Kier molecular flexibility index (Phi) is 4.62. The van der Waals surface area contributed by atoms with Crippen molar-refractivity contribution in [1.29, 1.82) is 0 Å². The number of piperidine rings is 1. The topological polar surface area (TPSA) is 53.5 Å². The molecule has 2 amide bonds. The molecule has 3 heterocycles. The van der Waals surface area contributed by atoms with Crippen molar-refractivity contribution in [2.24, 2.45) is 11.8 Å². The molecule has 26 heavy (non-hydrogen) atoms. The summed E-state index contributed by atoms with van der Waals surface area (Å²) in [4.78, 5) is 32.7. The molecule has 1 unspecified atom stereocenters. The minimum Gasteiger partial charge on any atom is -0.343 e. The second-order valence-corrected chi connectivity index (χ2v) is 7.55. The number of rotatable bonds is 2. The predicted octanol–water partition coefficient (Wildman–Crippen LogP) is 2.96. The number of aromatic nitrogens is 1. The number of pyridine rings is 1. The van der Waals surface area contributed by atoms with Gasteiger partial charge in [0.25, 0.3) is 5.91 Å². The number of amides is 2. The number of nitrogens with zero attached hydrogens (tertiary/aromatic N) is 3. The average molecular weight is 351 g/mol. The molecule has 2 aromatic rings. The van der Waals surface area contributed by atoms with Crippen LogP contribution in [0.3, 0.4) is 0 Å². The highest BCUT2D eigenvalue weighted by Crippen LogP contribution is 2.32. The lowest BCUT2D eigenvalue weighted by atomic mass is 9.84. The van der Waals surface area contributed by atoms with Crippen LogP contribution >= 0.6 is 0 Å². The molecule has 2 fully saturated rings. The van der Waals surface area contributed by atoms with Crippen LogP contribution in [-0.2, 0) is 4.79 Å². The Labute approximate surface area is 154 Å². The third kappa shape index (κ3) is 3.30. The summed E-state index contributed by atoms with van der Waals surface area (Å²) in [6.07, 6.45) is 4.97. The molecule has 0 bridgehead atoms. The van der Waals surface area contributed by atoms with Crippen LogP contribution in [0.4, 0.5) is 0 Å². The highest BCUT2D eigenvalue weighted by molar-refractivity contribution is 5.98. The lowest BCUT2D eigenvalue weighted by molar-refractivity contribution is -0.130. The molecule has 1 atom stereocenters. The quantitative estimate of drug-likeness (QED) is 0.836. The fourth-order valence-corrected chi connectivity index (χ4v) is 4.43. The van der Waals surface area contributed by atoms with Gasteiger partial charge in [0, 0.05) is 50.2 Å². The monoisotopic (exact) mass is 351 g/mol. The highest BCUT2D eigenvalue weighted by atomic mass is 16.2. The Bertz CT molecular complexity index is 827. The van der Waals surface area contributed by atoms with Gasteiger partial charge in [-0.3, -0.25) is 14.6 Å². The maximum absolute atomic E-state index is 12.9. The van der Waals surface area contributed by atoms with Gasteiger partial charge in [0.15, 0.2) is 0 Å². The molecule has 5 nitrogen and oxygen atoms in total. The Hall–Kier alpha value is -2.43. The van der Waals surface area contributed by atoms with E-state index in [2.05, 4.69) is 4.98 Å². The summed E-state index contributed by atoms with van der Waals surface area (Å²) in [6.45, 7) is 5.05. The van der Waals surface area contributed by atoms with E-state index in [9.17, 15) is 9.59 Å². The molecule has 0 saturated carbocycles. The van der Waals surface area contributed by atoms with Gasteiger partial charge in [-0.25, -0.2) is 0 Å². The van der Waals surface area contributed by atoms with Crippen LogP contribution in [0.25, 0.3) is 10.9 Å². The summed E-state index contributed by atoms with van der Waals surface area (Å²) in [5.74, 6) is 1.50. The summed E-state index contributed by atoms with van der Waals surface area (Å²) in [5.41, 5.74) is 1.66. The molecule has 4 rings (SSSR count). The average Bonchev–Trinajstić information content (AvgIpc) is 3.17. The van der Waals surface area contributed by atoms with Gasteiger partial charge in [-0.1, -0.05) is 6.07 Å². The van der Waals surface area contributed by atoms with Gasteiger partial charge in [0.1, 0.15) is 0 Å². The van der Waals surface area contributed by atoms with E-state index in [0.717, 1.165) is 61.9 Å². The minimum absolute atomic E-state index is 0.124. The molecule has 0 aliphatic carbocycles. The zero-order valence-electron chi connectivity index (χ0n) is 15.2. The molecular weight excluding hydrogens is 326 g/mol.